The second-order valence-electron chi connectivity index (χ2n) is 0.974. The summed E-state index contributed by atoms with van der Waals surface area (Å²) in [5, 5.41) is 0.715. The molecule has 0 unspecified atom stereocenters. The average molecular weight is 147 g/mol. The Balaban J connectivity index is 3.56. The lowest BCUT2D eigenvalue weighted by molar-refractivity contribution is 0.124. The first-order chi connectivity index (χ1) is 3.42. The van der Waals surface area contributed by atoms with Gasteiger partial charge < -0.3 is 9.79 Å². The van der Waals surface area contributed by atoms with Gasteiger partial charge in [-0.3, -0.25) is 0 Å². The van der Waals surface area contributed by atoms with E-state index in [2.05, 4.69) is 0 Å². The van der Waals surface area contributed by atoms with E-state index >= 15 is 0 Å². The maximum Gasteiger partial charge on any atom is 0.404 e. The first-order valence-electron chi connectivity index (χ1n) is 1.53. The van der Waals surface area contributed by atoms with Crippen LogP contribution in [0.3, 0.4) is 0 Å². The van der Waals surface area contributed by atoms with Gasteiger partial charge in [0.25, 0.3) is 0 Å². The second kappa shape index (κ2) is 2.50. The van der Waals surface area contributed by atoms with Crippen LogP contribution in [0, 0.1) is 0 Å². The number of hydrogen-bond donors (Lipinski definition) is 3. The molecule has 8 heavy (non-hydrogen) atoms. The Bertz CT molecular complexity index is 110. The predicted octanol–water partition coefficient (Wildman–Crippen LogP) is -0.109. The lowest BCUT2D eigenvalue weighted by atomic mass is 11.4. The molecule has 0 aliphatic rings. The molecule has 0 fully saturated rings. The molecule has 0 bridgehead atoms. The van der Waals surface area contributed by atoms with Crippen molar-refractivity contribution in [2.45, 2.75) is 6.55 Å². The van der Waals surface area contributed by atoms with Crippen molar-refractivity contribution in [3.05, 3.63) is 0 Å². The highest BCUT2D eigenvalue weighted by Crippen LogP contribution is 2.29. The van der Waals surface area contributed by atoms with Gasteiger partial charge >= 0.3 is 14.3 Å². The molecule has 0 aromatic heterocycles. The SMILES string of the molecule is O=P(O)(O)NC(F)F. The Hall–Kier alpha value is -0.0300. The molecule has 0 saturated carbocycles. The van der Waals surface area contributed by atoms with E-state index in [-0.39, 0.29) is 0 Å². The van der Waals surface area contributed by atoms with E-state index in [4.69, 9.17) is 9.79 Å². The van der Waals surface area contributed by atoms with Crippen molar-refractivity contribution < 1.29 is 23.1 Å². The summed E-state index contributed by atoms with van der Waals surface area (Å²) in [6.45, 7) is -3.17. The van der Waals surface area contributed by atoms with Crippen molar-refractivity contribution >= 4 is 7.75 Å². The van der Waals surface area contributed by atoms with Crippen LogP contribution in [-0.4, -0.2) is 16.3 Å². The van der Waals surface area contributed by atoms with Gasteiger partial charge in [0.1, 0.15) is 0 Å². The van der Waals surface area contributed by atoms with Crippen LogP contribution in [0.1, 0.15) is 0 Å². The molecular formula is CH4F2NO3P. The van der Waals surface area contributed by atoms with Gasteiger partial charge in [0.15, 0.2) is 0 Å². The van der Waals surface area contributed by atoms with Crippen molar-refractivity contribution in [1.29, 1.82) is 0 Å². The van der Waals surface area contributed by atoms with Crippen molar-refractivity contribution in [2.75, 3.05) is 0 Å². The summed E-state index contributed by atoms with van der Waals surface area (Å²) in [5.74, 6) is 0. The molecule has 0 radical (unpaired) electrons. The molecule has 0 atom stereocenters. The Kier molecular flexibility index (Phi) is 2.49. The zero-order chi connectivity index (χ0) is 6.78. The summed E-state index contributed by atoms with van der Waals surface area (Å²) in [5.41, 5.74) is 0. The highest BCUT2D eigenvalue weighted by molar-refractivity contribution is 7.49. The highest BCUT2D eigenvalue weighted by atomic mass is 31.2. The summed E-state index contributed by atoms with van der Waals surface area (Å²) in [4.78, 5) is 15.4. The fourth-order valence-corrected chi connectivity index (χ4v) is 0.381. The Labute approximate surface area is 43.7 Å². The summed E-state index contributed by atoms with van der Waals surface area (Å²) in [7, 11) is -4.72. The molecule has 0 aliphatic carbocycles. The lowest BCUT2D eigenvalue weighted by Crippen LogP contribution is -2.15. The molecule has 0 heterocycles. The summed E-state index contributed by atoms with van der Waals surface area (Å²) >= 11 is 0. The Morgan fingerprint density at radius 3 is 1.88 bits per heavy atom. The standard InChI is InChI=1S/CH4F2NO3P/c2-1(3)4-8(5,6)7/h1H,(H3,4,5,6,7). The van der Waals surface area contributed by atoms with Gasteiger partial charge in [-0.05, 0) is 0 Å². The summed E-state index contributed by atoms with van der Waals surface area (Å²) in [6.07, 6.45) is 0. The number of nitrogens with one attached hydrogen (secondary N) is 1. The first-order valence-corrected chi connectivity index (χ1v) is 3.14. The second-order valence-corrected chi connectivity index (χ2v) is 2.32. The van der Waals surface area contributed by atoms with E-state index in [1.165, 1.54) is 0 Å². The Morgan fingerprint density at radius 2 is 1.88 bits per heavy atom. The number of halogens is 2. The van der Waals surface area contributed by atoms with Crippen molar-refractivity contribution in [3.8, 4) is 0 Å². The molecule has 3 N–H and O–H groups in total. The number of alkyl halides is 2. The van der Waals surface area contributed by atoms with E-state index in [9.17, 15) is 13.3 Å². The van der Waals surface area contributed by atoms with Crippen molar-refractivity contribution in [3.63, 3.8) is 0 Å². The fourth-order valence-electron chi connectivity index (χ4n) is 0.127. The third-order valence-corrected chi connectivity index (χ3v) is 0.797. The van der Waals surface area contributed by atoms with Crippen LogP contribution in [0.2, 0.25) is 0 Å². The predicted molar refractivity (Wildman–Crippen MR) is 21.2 cm³/mol. The summed E-state index contributed by atoms with van der Waals surface area (Å²) in [6, 6.07) is 0. The van der Waals surface area contributed by atoms with Gasteiger partial charge in [0.05, 0.1) is 0 Å². The third kappa shape index (κ3) is 5.97. The highest BCUT2D eigenvalue weighted by Gasteiger charge is 2.17. The number of hydrogen-bond acceptors (Lipinski definition) is 1. The van der Waals surface area contributed by atoms with E-state index < -0.39 is 14.3 Å². The smallest absolute Gasteiger partial charge is 0.312 e. The van der Waals surface area contributed by atoms with Gasteiger partial charge in [-0.25, -0.2) is 4.57 Å². The van der Waals surface area contributed by atoms with Crippen LogP contribution in [-0.2, 0) is 4.57 Å². The van der Waals surface area contributed by atoms with Gasteiger partial charge in [-0.15, -0.1) is 0 Å². The van der Waals surface area contributed by atoms with Gasteiger partial charge in [0, 0.05) is 0 Å². The number of rotatable bonds is 2. The fraction of sp³-hybridized carbons (Fsp3) is 1.00. The minimum absolute atomic E-state index is 0.715. The topological polar surface area (TPSA) is 69.6 Å². The maximum absolute atomic E-state index is 10.9. The zero-order valence-electron chi connectivity index (χ0n) is 3.58. The van der Waals surface area contributed by atoms with E-state index in [1.54, 1.807) is 0 Å². The minimum Gasteiger partial charge on any atom is -0.312 e. The molecule has 0 aliphatic heterocycles. The van der Waals surface area contributed by atoms with Crippen LogP contribution in [0.15, 0.2) is 0 Å². The third-order valence-electron chi connectivity index (χ3n) is 0.266. The monoisotopic (exact) mass is 147 g/mol. The van der Waals surface area contributed by atoms with Crippen LogP contribution in [0.5, 0.6) is 0 Å². The van der Waals surface area contributed by atoms with Gasteiger partial charge in [-0.1, -0.05) is 0 Å². The van der Waals surface area contributed by atoms with Crippen molar-refractivity contribution in [1.82, 2.24) is 5.09 Å². The molecular weight excluding hydrogens is 143 g/mol. The molecule has 0 spiro atoms. The molecule has 0 aromatic rings. The first kappa shape index (κ1) is 7.97. The lowest BCUT2D eigenvalue weighted by Gasteiger charge is -2.02. The normalized spacial score (nSPS) is 12.6. The minimum atomic E-state index is -4.72. The van der Waals surface area contributed by atoms with Crippen LogP contribution < -0.4 is 5.09 Å². The summed E-state index contributed by atoms with van der Waals surface area (Å²) < 4.78 is 31.4. The molecule has 0 amide bonds. The van der Waals surface area contributed by atoms with Crippen LogP contribution in [0.4, 0.5) is 8.78 Å². The van der Waals surface area contributed by atoms with E-state index in [0.717, 1.165) is 0 Å². The molecule has 0 aromatic carbocycles. The largest absolute Gasteiger partial charge is 0.404 e. The average Bonchev–Trinajstić information content (AvgIpc) is 1.21. The quantitative estimate of drug-likeness (QED) is 0.376. The van der Waals surface area contributed by atoms with Crippen LogP contribution in [0.25, 0.3) is 0 Å². The molecule has 4 nitrogen and oxygen atoms in total. The molecule has 50 valence electrons. The zero-order valence-corrected chi connectivity index (χ0v) is 4.48. The van der Waals surface area contributed by atoms with Gasteiger partial charge in [-0.2, -0.15) is 13.9 Å². The van der Waals surface area contributed by atoms with Crippen molar-refractivity contribution in [2.24, 2.45) is 0 Å². The van der Waals surface area contributed by atoms with E-state index in [1.807, 2.05) is 0 Å². The molecule has 7 heteroatoms. The molecule has 0 rings (SSSR count). The Morgan fingerprint density at radius 1 is 1.50 bits per heavy atom. The van der Waals surface area contributed by atoms with Gasteiger partial charge in [0.2, 0.25) is 0 Å². The maximum atomic E-state index is 10.9. The van der Waals surface area contributed by atoms with E-state index in [0.29, 0.717) is 5.09 Å². The molecule has 0 saturated heterocycles. The van der Waals surface area contributed by atoms with Crippen LogP contribution >= 0.6 is 7.75 Å².